The molecule has 0 saturated carbocycles. The standard InChI is InChI=1S/C15H13BrN2O2/c1-15(2,9-17)10-3-5-11(6-4-10)18-14(19)12-7-8-20-13(12)16/h3-8H,1-2H3,(H,18,19). The van der Waals surface area contributed by atoms with E-state index in [1.54, 1.807) is 18.2 Å². The van der Waals surface area contributed by atoms with Crippen LogP contribution in [0.2, 0.25) is 0 Å². The minimum Gasteiger partial charge on any atom is -0.457 e. The smallest absolute Gasteiger partial charge is 0.260 e. The molecule has 5 heteroatoms. The van der Waals surface area contributed by atoms with E-state index in [1.807, 2.05) is 26.0 Å². The van der Waals surface area contributed by atoms with Crippen LogP contribution in [0.5, 0.6) is 0 Å². The third-order valence-corrected chi connectivity index (χ3v) is 3.62. The Balaban J connectivity index is 2.15. The van der Waals surface area contributed by atoms with Gasteiger partial charge in [-0.1, -0.05) is 12.1 Å². The number of amides is 1. The zero-order chi connectivity index (χ0) is 14.8. The van der Waals surface area contributed by atoms with Gasteiger partial charge in [-0.15, -0.1) is 0 Å². The molecule has 0 atom stereocenters. The molecule has 1 N–H and O–H groups in total. The Hall–Kier alpha value is -2.06. The van der Waals surface area contributed by atoms with Crippen molar-refractivity contribution in [1.82, 2.24) is 0 Å². The van der Waals surface area contributed by atoms with Crippen LogP contribution in [0.3, 0.4) is 0 Å². The Bertz CT molecular complexity index is 666. The van der Waals surface area contributed by atoms with E-state index in [9.17, 15) is 4.79 Å². The van der Waals surface area contributed by atoms with Gasteiger partial charge in [0.1, 0.15) is 0 Å². The average molecular weight is 333 g/mol. The van der Waals surface area contributed by atoms with Gasteiger partial charge < -0.3 is 9.73 Å². The largest absolute Gasteiger partial charge is 0.457 e. The van der Waals surface area contributed by atoms with Crippen LogP contribution in [0, 0.1) is 11.3 Å². The van der Waals surface area contributed by atoms with E-state index in [2.05, 4.69) is 27.3 Å². The Morgan fingerprint density at radius 1 is 1.30 bits per heavy atom. The summed E-state index contributed by atoms with van der Waals surface area (Å²) in [6, 6.07) is 11.1. The lowest BCUT2D eigenvalue weighted by molar-refractivity contribution is 0.102. The fraction of sp³-hybridized carbons (Fsp3) is 0.200. The lowest BCUT2D eigenvalue weighted by Crippen LogP contribution is -2.14. The van der Waals surface area contributed by atoms with Gasteiger partial charge in [0.05, 0.1) is 23.3 Å². The van der Waals surface area contributed by atoms with Gasteiger partial charge in [-0.05, 0) is 53.5 Å². The van der Waals surface area contributed by atoms with Crippen molar-refractivity contribution in [3.63, 3.8) is 0 Å². The van der Waals surface area contributed by atoms with Crippen molar-refractivity contribution in [1.29, 1.82) is 5.26 Å². The minimum absolute atomic E-state index is 0.252. The molecule has 0 spiro atoms. The molecule has 2 rings (SSSR count). The number of anilines is 1. The number of benzene rings is 1. The van der Waals surface area contributed by atoms with Crippen LogP contribution < -0.4 is 5.32 Å². The quantitative estimate of drug-likeness (QED) is 0.920. The third kappa shape index (κ3) is 2.91. The zero-order valence-corrected chi connectivity index (χ0v) is 12.7. The summed E-state index contributed by atoms with van der Waals surface area (Å²) in [6.45, 7) is 3.70. The van der Waals surface area contributed by atoms with Crippen LogP contribution in [0.25, 0.3) is 0 Å². The second kappa shape index (κ2) is 5.51. The molecule has 0 aliphatic heterocycles. The number of hydrogen-bond acceptors (Lipinski definition) is 3. The average Bonchev–Trinajstić information content (AvgIpc) is 2.85. The molecule has 20 heavy (non-hydrogen) atoms. The fourth-order valence-corrected chi connectivity index (χ4v) is 2.11. The summed E-state index contributed by atoms with van der Waals surface area (Å²) < 4.78 is 5.42. The van der Waals surface area contributed by atoms with Gasteiger partial charge in [-0.3, -0.25) is 4.79 Å². The first-order chi connectivity index (χ1) is 9.44. The molecular weight excluding hydrogens is 320 g/mol. The number of furan rings is 1. The molecule has 0 aliphatic carbocycles. The number of nitrogens with zero attached hydrogens (tertiary/aromatic N) is 1. The van der Waals surface area contributed by atoms with Crippen LogP contribution in [0.15, 0.2) is 45.7 Å². The number of rotatable bonds is 3. The molecular formula is C15H13BrN2O2. The molecule has 102 valence electrons. The Labute approximate surface area is 125 Å². The molecule has 0 aliphatic rings. The van der Waals surface area contributed by atoms with Crippen molar-refractivity contribution < 1.29 is 9.21 Å². The molecule has 0 bridgehead atoms. The summed E-state index contributed by atoms with van der Waals surface area (Å²) in [4.78, 5) is 12.0. The van der Waals surface area contributed by atoms with E-state index in [0.29, 0.717) is 15.9 Å². The predicted molar refractivity (Wildman–Crippen MR) is 79.4 cm³/mol. The summed E-state index contributed by atoms with van der Waals surface area (Å²) in [6.07, 6.45) is 1.44. The lowest BCUT2D eigenvalue weighted by Gasteiger charge is -2.16. The van der Waals surface area contributed by atoms with Crippen LogP contribution in [-0.4, -0.2) is 5.91 Å². The monoisotopic (exact) mass is 332 g/mol. The van der Waals surface area contributed by atoms with Gasteiger partial charge in [0, 0.05) is 5.69 Å². The van der Waals surface area contributed by atoms with Crippen molar-refractivity contribution in [2.24, 2.45) is 0 Å². The lowest BCUT2D eigenvalue weighted by atomic mass is 9.86. The van der Waals surface area contributed by atoms with Gasteiger partial charge in [-0.2, -0.15) is 5.26 Å². The molecule has 2 aromatic rings. The van der Waals surface area contributed by atoms with Crippen molar-refractivity contribution in [3.05, 3.63) is 52.4 Å². The predicted octanol–water partition coefficient (Wildman–Crippen LogP) is 4.10. The number of carbonyl (C=O) groups excluding carboxylic acids is 1. The Kier molecular flexibility index (Phi) is 3.96. The van der Waals surface area contributed by atoms with Crippen LogP contribution in [0.1, 0.15) is 29.8 Å². The first kappa shape index (κ1) is 14.4. The normalized spacial score (nSPS) is 10.9. The number of nitriles is 1. The summed E-state index contributed by atoms with van der Waals surface area (Å²) >= 11 is 3.16. The Morgan fingerprint density at radius 3 is 2.45 bits per heavy atom. The first-order valence-electron chi connectivity index (χ1n) is 6.00. The van der Waals surface area contributed by atoms with E-state index < -0.39 is 5.41 Å². The number of halogens is 1. The number of nitrogens with one attached hydrogen (secondary N) is 1. The highest BCUT2D eigenvalue weighted by molar-refractivity contribution is 9.10. The maximum atomic E-state index is 12.0. The second-order valence-corrected chi connectivity index (χ2v) is 5.60. The summed E-state index contributed by atoms with van der Waals surface area (Å²) in [7, 11) is 0. The van der Waals surface area contributed by atoms with Gasteiger partial charge in [0.25, 0.3) is 5.91 Å². The molecule has 0 fully saturated rings. The van der Waals surface area contributed by atoms with E-state index >= 15 is 0 Å². The molecule has 1 aromatic heterocycles. The summed E-state index contributed by atoms with van der Waals surface area (Å²) in [5.41, 5.74) is 1.46. The molecule has 4 nitrogen and oxygen atoms in total. The van der Waals surface area contributed by atoms with Crippen LogP contribution in [0.4, 0.5) is 5.69 Å². The van der Waals surface area contributed by atoms with Gasteiger partial charge in [0.2, 0.25) is 0 Å². The first-order valence-corrected chi connectivity index (χ1v) is 6.79. The van der Waals surface area contributed by atoms with Crippen LogP contribution in [-0.2, 0) is 5.41 Å². The van der Waals surface area contributed by atoms with E-state index in [4.69, 9.17) is 9.68 Å². The Morgan fingerprint density at radius 2 is 1.95 bits per heavy atom. The van der Waals surface area contributed by atoms with Gasteiger partial charge in [0.15, 0.2) is 4.67 Å². The molecule has 1 heterocycles. The highest BCUT2D eigenvalue weighted by atomic mass is 79.9. The molecule has 0 radical (unpaired) electrons. The van der Waals surface area contributed by atoms with Crippen molar-refractivity contribution in [2.75, 3.05) is 5.32 Å². The highest BCUT2D eigenvalue weighted by Crippen LogP contribution is 2.24. The van der Waals surface area contributed by atoms with Gasteiger partial charge >= 0.3 is 0 Å². The van der Waals surface area contributed by atoms with E-state index in [-0.39, 0.29) is 5.91 Å². The summed E-state index contributed by atoms with van der Waals surface area (Å²) in [5.74, 6) is -0.252. The second-order valence-electron chi connectivity index (χ2n) is 4.88. The maximum absolute atomic E-state index is 12.0. The van der Waals surface area contributed by atoms with Crippen molar-refractivity contribution >= 4 is 27.5 Å². The SMILES string of the molecule is CC(C)(C#N)c1ccc(NC(=O)c2ccoc2Br)cc1. The van der Waals surface area contributed by atoms with Gasteiger partial charge in [-0.25, -0.2) is 0 Å². The maximum Gasteiger partial charge on any atom is 0.260 e. The van der Waals surface area contributed by atoms with E-state index in [1.165, 1.54) is 6.26 Å². The molecule has 1 aromatic carbocycles. The number of carbonyl (C=O) groups is 1. The third-order valence-electron chi connectivity index (χ3n) is 3.01. The van der Waals surface area contributed by atoms with Crippen LogP contribution >= 0.6 is 15.9 Å². The molecule has 1 amide bonds. The molecule has 0 unspecified atom stereocenters. The van der Waals surface area contributed by atoms with E-state index in [0.717, 1.165) is 5.56 Å². The topological polar surface area (TPSA) is 66.0 Å². The summed E-state index contributed by atoms with van der Waals surface area (Å²) in [5, 5.41) is 11.9. The van der Waals surface area contributed by atoms with Crippen molar-refractivity contribution in [2.45, 2.75) is 19.3 Å². The minimum atomic E-state index is -0.546. The highest BCUT2D eigenvalue weighted by Gasteiger charge is 2.19. The molecule has 0 saturated heterocycles. The number of hydrogen-bond donors (Lipinski definition) is 1. The zero-order valence-electron chi connectivity index (χ0n) is 11.1. The fourth-order valence-electron chi connectivity index (χ4n) is 1.69. The van der Waals surface area contributed by atoms with Crippen molar-refractivity contribution in [3.8, 4) is 6.07 Å².